The number of fused-ring (bicyclic) bond motifs is 1. The molecule has 0 bridgehead atoms. The topological polar surface area (TPSA) is 119 Å². The van der Waals surface area contributed by atoms with Crippen molar-refractivity contribution in [3.8, 4) is 0 Å². The second kappa shape index (κ2) is 4.37. The van der Waals surface area contributed by atoms with Crippen LogP contribution in [0.15, 0.2) is 6.33 Å². The Bertz CT molecular complexity index is 618. The summed E-state index contributed by atoms with van der Waals surface area (Å²) in [7, 11) is 0. The molecule has 19 heavy (non-hydrogen) atoms. The van der Waals surface area contributed by atoms with Gasteiger partial charge in [0.15, 0.2) is 17.0 Å². The highest BCUT2D eigenvalue weighted by Crippen LogP contribution is 2.31. The Morgan fingerprint density at radius 1 is 1.53 bits per heavy atom. The third kappa shape index (κ3) is 1.91. The number of aromatic nitrogens is 4. The van der Waals surface area contributed by atoms with E-state index in [9.17, 15) is 9.50 Å². The van der Waals surface area contributed by atoms with Gasteiger partial charge in [-0.25, -0.2) is 4.98 Å². The van der Waals surface area contributed by atoms with Gasteiger partial charge in [-0.15, -0.1) is 0 Å². The van der Waals surface area contributed by atoms with E-state index in [-0.39, 0.29) is 30.0 Å². The molecular formula is C10H12FN5O3. The number of nitrogens with two attached hydrogens (primary N) is 1. The summed E-state index contributed by atoms with van der Waals surface area (Å²) in [5.74, 6) is -0.0569. The largest absolute Gasteiger partial charge is 0.394 e. The highest BCUT2D eigenvalue weighted by molar-refractivity contribution is 5.81. The summed E-state index contributed by atoms with van der Waals surface area (Å²) in [4.78, 5) is 11.0. The van der Waals surface area contributed by atoms with Gasteiger partial charge >= 0.3 is 6.08 Å². The normalized spacial score (nSPS) is 27.2. The summed E-state index contributed by atoms with van der Waals surface area (Å²) in [5.41, 5.74) is 6.02. The number of halogens is 1. The predicted molar refractivity (Wildman–Crippen MR) is 61.3 cm³/mol. The van der Waals surface area contributed by atoms with Gasteiger partial charge in [0.2, 0.25) is 0 Å². The van der Waals surface area contributed by atoms with Gasteiger partial charge in [0.25, 0.3) is 0 Å². The highest BCUT2D eigenvalue weighted by Gasteiger charge is 2.35. The number of nitrogen functional groups attached to an aromatic ring is 1. The molecule has 3 rings (SSSR count). The van der Waals surface area contributed by atoms with Crippen LogP contribution in [0.25, 0.3) is 11.2 Å². The Hall–Kier alpha value is -1.84. The van der Waals surface area contributed by atoms with E-state index < -0.39 is 24.5 Å². The van der Waals surface area contributed by atoms with Crippen molar-refractivity contribution in [2.45, 2.75) is 24.9 Å². The second-order valence-corrected chi connectivity index (χ2v) is 4.32. The summed E-state index contributed by atoms with van der Waals surface area (Å²) in [6, 6.07) is 0. The maximum atomic E-state index is 13.2. The fraction of sp³-hybridized carbons (Fsp3) is 0.500. The number of hydrogen-bond donors (Lipinski definition) is 3. The average molecular weight is 269 g/mol. The fourth-order valence-corrected chi connectivity index (χ4v) is 2.17. The third-order valence-electron chi connectivity index (χ3n) is 3.12. The number of hydrogen-bond acceptors (Lipinski definition) is 7. The Morgan fingerprint density at radius 3 is 3.00 bits per heavy atom. The van der Waals surface area contributed by atoms with Crippen molar-refractivity contribution in [1.82, 2.24) is 19.5 Å². The smallest absolute Gasteiger partial charge is 0.312 e. The van der Waals surface area contributed by atoms with Crippen molar-refractivity contribution in [2.24, 2.45) is 0 Å². The van der Waals surface area contributed by atoms with Crippen LogP contribution in [0.3, 0.4) is 0 Å². The Balaban J connectivity index is 2.02. The summed E-state index contributed by atoms with van der Waals surface area (Å²) >= 11 is 0. The zero-order chi connectivity index (χ0) is 13.6. The summed E-state index contributed by atoms with van der Waals surface area (Å²) in [6.45, 7) is -0.296. The number of aliphatic hydroxyl groups is 2. The van der Waals surface area contributed by atoms with Crippen LogP contribution >= 0.6 is 0 Å². The molecular weight excluding hydrogens is 257 g/mol. The van der Waals surface area contributed by atoms with Crippen molar-refractivity contribution in [3.63, 3.8) is 0 Å². The first-order valence-corrected chi connectivity index (χ1v) is 5.70. The molecule has 0 saturated carbocycles. The quantitative estimate of drug-likeness (QED) is 0.610. The number of anilines is 1. The van der Waals surface area contributed by atoms with E-state index >= 15 is 0 Å². The summed E-state index contributed by atoms with van der Waals surface area (Å²) in [6.07, 6.45) is -1.35. The van der Waals surface area contributed by atoms with E-state index in [0.717, 1.165) is 0 Å². The van der Waals surface area contributed by atoms with Crippen LogP contribution in [0.5, 0.6) is 0 Å². The molecule has 0 aromatic carbocycles. The molecule has 9 heteroatoms. The number of nitrogens with zero attached hydrogens (tertiary/aromatic N) is 4. The Kier molecular flexibility index (Phi) is 2.81. The minimum Gasteiger partial charge on any atom is -0.394 e. The van der Waals surface area contributed by atoms with E-state index in [1.54, 1.807) is 0 Å². The van der Waals surface area contributed by atoms with Gasteiger partial charge in [0.05, 0.1) is 19.0 Å². The van der Waals surface area contributed by atoms with Crippen LogP contribution in [-0.2, 0) is 4.74 Å². The maximum Gasteiger partial charge on any atom is 0.312 e. The van der Waals surface area contributed by atoms with Crippen molar-refractivity contribution < 1.29 is 19.3 Å². The SMILES string of the molecule is Nc1nc(F)nc2c1ncn2[C@H]1CC(O)[C@@H](CO)O1. The van der Waals surface area contributed by atoms with Crippen LogP contribution in [0.1, 0.15) is 12.6 Å². The molecule has 102 valence electrons. The molecule has 1 saturated heterocycles. The monoisotopic (exact) mass is 269 g/mol. The standard InChI is InChI=1S/C10H12FN5O3/c11-10-14-8(12)7-9(15-10)16(3-13-7)6-1-4(18)5(2-17)19-6/h3-6,17-18H,1-2H2,(H2,12,14,15)/t4?,5-,6-/m1/s1. The lowest BCUT2D eigenvalue weighted by Crippen LogP contribution is -2.24. The first kappa shape index (κ1) is 12.2. The van der Waals surface area contributed by atoms with Gasteiger partial charge in [-0.05, 0) is 0 Å². The summed E-state index contributed by atoms with van der Waals surface area (Å²) in [5, 5.41) is 18.7. The van der Waals surface area contributed by atoms with Crippen LogP contribution in [0, 0.1) is 6.08 Å². The molecule has 0 radical (unpaired) electrons. The lowest BCUT2D eigenvalue weighted by atomic mass is 10.2. The van der Waals surface area contributed by atoms with Gasteiger partial charge in [-0.1, -0.05) is 0 Å². The lowest BCUT2D eigenvalue weighted by Gasteiger charge is -2.13. The minimum absolute atomic E-state index is 0.0569. The van der Waals surface area contributed by atoms with Crippen molar-refractivity contribution >= 4 is 17.0 Å². The number of rotatable bonds is 2. The van der Waals surface area contributed by atoms with Crippen molar-refractivity contribution in [2.75, 3.05) is 12.3 Å². The average Bonchev–Trinajstić information content (AvgIpc) is 2.92. The fourth-order valence-electron chi connectivity index (χ4n) is 2.17. The molecule has 0 aliphatic carbocycles. The lowest BCUT2D eigenvalue weighted by molar-refractivity contribution is -0.0432. The molecule has 1 fully saturated rings. The zero-order valence-electron chi connectivity index (χ0n) is 9.77. The van der Waals surface area contributed by atoms with Crippen molar-refractivity contribution in [1.29, 1.82) is 0 Å². The minimum atomic E-state index is -0.955. The molecule has 1 aliphatic rings. The van der Waals surface area contributed by atoms with Crippen LogP contribution in [0.4, 0.5) is 10.2 Å². The summed E-state index contributed by atoms with van der Waals surface area (Å²) < 4.78 is 20.1. The van der Waals surface area contributed by atoms with Gasteiger partial charge in [0.1, 0.15) is 12.3 Å². The highest BCUT2D eigenvalue weighted by atomic mass is 19.1. The predicted octanol–water partition coefficient (Wildman–Crippen LogP) is -0.812. The van der Waals surface area contributed by atoms with Crippen LogP contribution in [-0.4, -0.2) is 48.5 Å². The third-order valence-corrected chi connectivity index (χ3v) is 3.12. The van der Waals surface area contributed by atoms with Crippen molar-refractivity contribution in [3.05, 3.63) is 12.4 Å². The molecule has 8 nitrogen and oxygen atoms in total. The van der Waals surface area contributed by atoms with E-state index in [4.69, 9.17) is 15.6 Å². The van der Waals surface area contributed by atoms with E-state index in [2.05, 4.69) is 15.0 Å². The van der Waals surface area contributed by atoms with Crippen LogP contribution < -0.4 is 5.73 Å². The first-order valence-electron chi connectivity index (χ1n) is 5.70. The molecule has 3 atom stereocenters. The number of ether oxygens (including phenoxy) is 1. The zero-order valence-corrected chi connectivity index (χ0v) is 9.77. The molecule has 4 N–H and O–H groups in total. The van der Waals surface area contributed by atoms with E-state index in [1.807, 2.05) is 0 Å². The van der Waals surface area contributed by atoms with Crippen LogP contribution in [0.2, 0.25) is 0 Å². The molecule has 0 spiro atoms. The second-order valence-electron chi connectivity index (χ2n) is 4.32. The molecule has 1 unspecified atom stereocenters. The number of aliphatic hydroxyl groups excluding tert-OH is 2. The van der Waals surface area contributed by atoms with E-state index in [1.165, 1.54) is 10.9 Å². The molecule has 0 amide bonds. The first-order chi connectivity index (χ1) is 9.10. The molecule has 2 aromatic rings. The maximum absolute atomic E-state index is 13.2. The Morgan fingerprint density at radius 2 is 2.32 bits per heavy atom. The van der Waals surface area contributed by atoms with Gasteiger partial charge in [0, 0.05) is 6.42 Å². The number of imidazole rings is 1. The molecule has 1 aliphatic heterocycles. The Labute approximate surface area is 106 Å². The van der Waals surface area contributed by atoms with Gasteiger partial charge in [-0.3, -0.25) is 4.57 Å². The molecule has 3 heterocycles. The van der Waals surface area contributed by atoms with Gasteiger partial charge < -0.3 is 20.7 Å². The van der Waals surface area contributed by atoms with E-state index in [0.29, 0.717) is 0 Å². The van der Waals surface area contributed by atoms with Gasteiger partial charge in [-0.2, -0.15) is 14.4 Å². The molecule has 2 aromatic heterocycles.